The monoisotopic (exact) mass is 542 g/mol. The topological polar surface area (TPSA) is 53.5 Å². The zero-order valence-electron chi connectivity index (χ0n) is 22.9. The van der Waals surface area contributed by atoms with Crippen LogP contribution in [0, 0.1) is 24.7 Å². The maximum atomic E-state index is 5.89. The number of imidazole rings is 3. The van der Waals surface area contributed by atoms with Gasteiger partial charge in [0.15, 0.2) is 0 Å². The average molecular weight is 543 g/mol. The number of allylic oxidation sites excluding steroid dienone is 1. The predicted octanol–water partition coefficient (Wildman–Crippen LogP) is 6.78. The van der Waals surface area contributed by atoms with Gasteiger partial charge in [0.1, 0.15) is 50.6 Å². The van der Waals surface area contributed by atoms with E-state index in [1.807, 2.05) is 60.7 Å². The Kier molecular flexibility index (Phi) is 6.15. The lowest BCUT2D eigenvalue weighted by Gasteiger charge is -2.11. The molecule has 0 radical (unpaired) electrons. The molecule has 0 aliphatic heterocycles. The van der Waals surface area contributed by atoms with Crippen molar-refractivity contribution in [2.24, 2.45) is 0 Å². The number of hydrogen-bond donors (Lipinski definition) is 0. The van der Waals surface area contributed by atoms with Gasteiger partial charge >= 0.3 is 0 Å². The molecule has 0 fully saturated rings. The molecule has 0 aliphatic carbocycles. The minimum atomic E-state index is 0.349. The Morgan fingerprint density at radius 2 is 0.881 bits per heavy atom. The summed E-state index contributed by atoms with van der Waals surface area (Å²) in [6.45, 7) is 4.03. The molecule has 0 unspecified atom stereocenters. The molecule has 0 atom stereocenters. The second-order valence-corrected chi connectivity index (χ2v) is 9.94. The highest BCUT2D eigenvalue weighted by molar-refractivity contribution is 6.20. The van der Waals surface area contributed by atoms with Crippen LogP contribution in [0.2, 0.25) is 0 Å². The van der Waals surface area contributed by atoms with Gasteiger partial charge in [-0.15, -0.1) is 19.4 Å². The summed E-state index contributed by atoms with van der Waals surface area (Å²) in [5, 5.41) is 0. The molecule has 0 N–H and O–H groups in total. The van der Waals surface area contributed by atoms with Crippen molar-refractivity contribution in [2.45, 2.75) is 19.3 Å². The molecule has 6 heteroatoms. The lowest BCUT2D eigenvalue weighted by Crippen LogP contribution is -2.02. The van der Waals surface area contributed by atoms with Crippen molar-refractivity contribution in [3.8, 4) is 41.7 Å². The van der Waals surface area contributed by atoms with E-state index in [1.54, 1.807) is 0 Å². The Hall–Kier alpha value is -5.85. The SMILES string of the molecule is C#CCc1nc2c(c3nc(CC#C)n(-c4ccccc4)c3c3nc(CC=C)n(-c4ccccc4)c23)n1-c1ccccc1. The lowest BCUT2D eigenvalue weighted by molar-refractivity contribution is 0.948. The van der Waals surface area contributed by atoms with E-state index in [0.717, 1.165) is 67.6 Å². The normalized spacial score (nSPS) is 11.2. The second kappa shape index (κ2) is 10.3. The smallest absolute Gasteiger partial charge is 0.126 e. The Bertz CT molecular complexity index is 2170. The standard InChI is InChI=1S/C36H26N6/c1-4-16-28-37-31-34(40(28)25-19-10-7-11-20-25)32-36(42(29(38-32)17-5-2)27-23-14-9-15-24-27)33-35(31)41(30(39-33)18-6-3)26-21-12-8-13-22-26/h1-2,6-15,19-24H,3,16-18H2. The van der Waals surface area contributed by atoms with E-state index in [-0.39, 0.29) is 0 Å². The van der Waals surface area contributed by atoms with Crippen LogP contribution in [0.5, 0.6) is 0 Å². The van der Waals surface area contributed by atoms with Gasteiger partial charge in [-0.05, 0) is 36.4 Å². The van der Waals surface area contributed by atoms with Crippen molar-refractivity contribution in [1.29, 1.82) is 0 Å². The van der Waals surface area contributed by atoms with Crippen LogP contribution in [-0.4, -0.2) is 28.7 Å². The van der Waals surface area contributed by atoms with E-state index < -0.39 is 0 Å². The fraction of sp³-hybridized carbons (Fsp3) is 0.0833. The molecule has 0 aliphatic rings. The molecule has 0 spiro atoms. The molecule has 200 valence electrons. The number of benzene rings is 4. The molecular formula is C36H26N6. The summed E-state index contributed by atoms with van der Waals surface area (Å²) in [6, 6.07) is 30.5. The van der Waals surface area contributed by atoms with Gasteiger partial charge in [-0.3, -0.25) is 13.7 Å². The molecule has 0 saturated heterocycles. The van der Waals surface area contributed by atoms with Crippen LogP contribution in [-0.2, 0) is 19.3 Å². The second-order valence-electron chi connectivity index (χ2n) is 9.94. The van der Waals surface area contributed by atoms with Crippen molar-refractivity contribution < 1.29 is 0 Å². The molecule has 3 heterocycles. The van der Waals surface area contributed by atoms with Crippen molar-refractivity contribution in [3.05, 3.63) is 121 Å². The molecule has 0 bridgehead atoms. The quantitative estimate of drug-likeness (QED) is 0.165. The van der Waals surface area contributed by atoms with Gasteiger partial charge in [0.25, 0.3) is 0 Å². The predicted molar refractivity (Wildman–Crippen MR) is 169 cm³/mol. The molecule has 0 amide bonds. The van der Waals surface area contributed by atoms with Crippen LogP contribution in [0.4, 0.5) is 0 Å². The molecule has 7 aromatic rings. The number of rotatable bonds is 7. The van der Waals surface area contributed by atoms with E-state index in [1.165, 1.54) is 0 Å². The van der Waals surface area contributed by atoms with Crippen LogP contribution in [0.1, 0.15) is 17.5 Å². The number of fused-ring (bicyclic) bond motifs is 6. The molecule has 4 aromatic carbocycles. The van der Waals surface area contributed by atoms with Gasteiger partial charge < -0.3 is 0 Å². The fourth-order valence-corrected chi connectivity index (χ4v) is 5.80. The highest BCUT2D eigenvalue weighted by atomic mass is 15.2. The highest BCUT2D eigenvalue weighted by Crippen LogP contribution is 2.40. The molecule has 42 heavy (non-hydrogen) atoms. The van der Waals surface area contributed by atoms with Crippen LogP contribution in [0.3, 0.4) is 0 Å². The third kappa shape index (κ3) is 3.82. The fourth-order valence-electron chi connectivity index (χ4n) is 5.80. The maximum Gasteiger partial charge on any atom is 0.126 e. The van der Waals surface area contributed by atoms with E-state index in [0.29, 0.717) is 19.3 Å². The van der Waals surface area contributed by atoms with Gasteiger partial charge in [-0.1, -0.05) is 72.5 Å². The van der Waals surface area contributed by atoms with Gasteiger partial charge in [-0.2, -0.15) is 0 Å². The molecular weight excluding hydrogens is 516 g/mol. The number of hydrogen-bond acceptors (Lipinski definition) is 3. The first-order valence-corrected chi connectivity index (χ1v) is 13.7. The minimum Gasteiger partial charge on any atom is -0.294 e. The zero-order valence-corrected chi connectivity index (χ0v) is 22.9. The van der Waals surface area contributed by atoms with E-state index >= 15 is 0 Å². The van der Waals surface area contributed by atoms with Gasteiger partial charge in [0.2, 0.25) is 0 Å². The Morgan fingerprint density at radius 1 is 0.548 bits per heavy atom. The third-order valence-electron chi connectivity index (χ3n) is 7.40. The number of nitrogens with zero attached hydrogens (tertiary/aromatic N) is 6. The first-order chi connectivity index (χ1) is 20.7. The van der Waals surface area contributed by atoms with Crippen LogP contribution < -0.4 is 0 Å². The first kappa shape index (κ1) is 25.1. The summed E-state index contributed by atoms with van der Waals surface area (Å²) in [4.78, 5) is 15.7. The van der Waals surface area contributed by atoms with Gasteiger partial charge in [-0.25, -0.2) is 15.0 Å². The van der Waals surface area contributed by atoms with E-state index in [4.69, 9.17) is 27.8 Å². The molecule has 7 rings (SSSR count). The average Bonchev–Trinajstić information content (AvgIpc) is 3.70. The van der Waals surface area contributed by atoms with Gasteiger partial charge in [0.05, 0.1) is 12.8 Å². The number of terminal acetylenes is 2. The lowest BCUT2D eigenvalue weighted by atomic mass is 10.2. The van der Waals surface area contributed by atoms with Crippen LogP contribution >= 0.6 is 0 Å². The van der Waals surface area contributed by atoms with Crippen LogP contribution in [0.15, 0.2) is 104 Å². The van der Waals surface area contributed by atoms with Crippen molar-refractivity contribution in [2.75, 3.05) is 0 Å². The first-order valence-electron chi connectivity index (χ1n) is 13.7. The molecule has 0 saturated carbocycles. The Balaban J connectivity index is 1.78. The largest absolute Gasteiger partial charge is 0.294 e. The van der Waals surface area contributed by atoms with E-state index in [9.17, 15) is 0 Å². The van der Waals surface area contributed by atoms with Crippen molar-refractivity contribution >= 4 is 33.1 Å². The maximum absolute atomic E-state index is 5.89. The third-order valence-corrected chi connectivity index (χ3v) is 7.40. The summed E-state index contributed by atoms with van der Waals surface area (Å²) in [6.07, 6.45) is 14.9. The molecule has 6 nitrogen and oxygen atoms in total. The highest BCUT2D eigenvalue weighted by Gasteiger charge is 2.28. The van der Waals surface area contributed by atoms with E-state index in [2.05, 4.69) is 68.5 Å². The Labute approximate surface area is 243 Å². The Morgan fingerprint density at radius 3 is 1.21 bits per heavy atom. The molecule has 3 aromatic heterocycles. The minimum absolute atomic E-state index is 0.349. The number of para-hydroxylation sites is 3. The summed E-state index contributed by atoms with van der Waals surface area (Å²) in [5.74, 6) is 7.99. The van der Waals surface area contributed by atoms with Crippen molar-refractivity contribution in [1.82, 2.24) is 28.7 Å². The number of aromatic nitrogens is 6. The summed E-state index contributed by atoms with van der Waals surface area (Å²) in [7, 11) is 0. The van der Waals surface area contributed by atoms with Crippen molar-refractivity contribution in [3.63, 3.8) is 0 Å². The van der Waals surface area contributed by atoms with Crippen LogP contribution in [0.25, 0.3) is 50.2 Å². The van der Waals surface area contributed by atoms with Gasteiger partial charge in [0, 0.05) is 23.5 Å². The summed E-state index contributed by atoms with van der Waals surface area (Å²) in [5.41, 5.74) is 7.87. The zero-order chi connectivity index (χ0) is 28.6. The summed E-state index contributed by atoms with van der Waals surface area (Å²) >= 11 is 0. The summed E-state index contributed by atoms with van der Waals surface area (Å²) < 4.78 is 6.46.